The number of rotatable bonds is 5. The normalized spacial score (nSPS) is 13.5. The summed E-state index contributed by atoms with van der Waals surface area (Å²) in [4.78, 5) is 19.7. The molecular formula is C22H25N5O. The van der Waals surface area contributed by atoms with E-state index in [1.807, 2.05) is 53.9 Å². The number of nitrogens with two attached hydrogens (primary N) is 1. The van der Waals surface area contributed by atoms with E-state index < -0.39 is 0 Å². The fourth-order valence-corrected chi connectivity index (χ4v) is 3.59. The van der Waals surface area contributed by atoms with E-state index in [0.717, 1.165) is 35.4 Å². The Hall–Kier alpha value is -3.15. The number of pyridine rings is 1. The van der Waals surface area contributed by atoms with E-state index in [1.54, 1.807) is 12.3 Å². The number of nitrogens with zero attached hydrogens (tertiary/aromatic N) is 4. The number of aryl methyl sites for hydroxylation is 2. The quantitative estimate of drug-likeness (QED) is 0.741. The van der Waals surface area contributed by atoms with Gasteiger partial charge in [0.1, 0.15) is 0 Å². The SMILES string of the molecule is Cc1nn(C)c(C)c1CN(C(=O)c1cccc(-c2ncccc2N)c1)C1CC1. The second-order valence-corrected chi connectivity index (χ2v) is 7.46. The lowest BCUT2D eigenvalue weighted by molar-refractivity contribution is 0.0729. The molecule has 6 heteroatoms. The highest BCUT2D eigenvalue weighted by molar-refractivity contribution is 5.96. The fourth-order valence-electron chi connectivity index (χ4n) is 3.59. The maximum atomic E-state index is 13.4. The van der Waals surface area contributed by atoms with Crippen molar-refractivity contribution in [2.45, 2.75) is 39.3 Å². The van der Waals surface area contributed by atoms with Crippen LogP contribution in [0.1, 0.15) is 40.2 Å². The van der Waals surface area contributed by atoms with Crippen LogP contribution < -0.4 is 5.73 Å². The van der Waals surface area contributed by atoms with Gasteiger partial charge in [-0.05, 0) is 51.0 Å². The summed E-state index contributed by atoms with van der Waals surface area (Å²) < 4.78 is 1.88. The summed E-state index contributed by atoms with van der Waals surface area (Å²) >= 11 is 0. The molecule has 3 aromatic rings. The van der Waals surface area contributed by atoms with Gasteiger partial charge < -0.3 is 10.6 Å². The molecule has 1 aliphatic rings. The molecule has 0 bridgehead atoms. The van der Waals surface area contributed by atoms with Crippen molar-refractivity contribution in [3.8, 4) is 11.3 Å². The Kier molecular flexibility index (Phi) is 4.63. The van der Waals surface area contributed by atoms with Gasteiger partial charge in [0.05, 0.1) is 17.1 Å². The van der Waals surface area contributed by atoms with Crippen LogP contribution in [-0.4, -0.2) is 31.6 Å². The maximum absolute atomic E-state index is 13.4. The molecule has 1 aromatic carbocycles. The largest absolute Gasteiger partial charge is 0.397 e. The number of hydrogen-bond acceptors (Lipinski definition) is 4. The van der Waals surface area contributed by atoms with Crippen LogP contribution in [0.25, 0.3) is 11.3 Å². The van der Waals surface area contributed by atoms with Crippen LogP contribution in [0.15, 0.2) is 42.6 Å². The summed E-state index contributed by atoms with van der Waals surface area (Å²) in [6.07, 6.45) is 3.82. The number of carbonyl (C=O) groups excluding carboxylic acids is 1. The van der Waals surface area contributed by atoms with Crippen LogP contribution in [0.4, 0.5) is 5.69 Å². The second kappa shape index (κ2) is 7.11. The number of benzene rings is 1. The number of hydrogen-bond donors (Lipinski definition) is 1. The number of amides is 1. The molecule has 0 saturated heterocycles. The predicted octanol–water partition coefficient (Wildman–Crippen LogP) is 3.49. The minimum atomic E-state index is 0.0431. The first kappa shape index (κ1) is 18.2. The number of aromatic nitrogens is 3. The van der Waals surface area contributed by atoms with Crippen LogP contribution in [0.5, 0.6) is 0 Å². The zero-order valence-corrected chi connectivity index (χ0v) is 16.5. The first-order chi connectivity index (χ1) is 13.5. The molecule has 1 aliphatic carbocycles. The Bertz CT molecular complexity index is 1040. The zero-order chi connectivity index (χ0) is 19.8. The lowest BCUT2D eigenvalue weighted by Gasteiger charge is -2.23. The first-order valence-corrected chi connectivity index (χ1v) is 9.56. The molecule has 2 N–H and O–H groups in total. The van der Waals surface area contributed by atoms with E-state index in [-0.39, 0.29) is 5.91 Å². The highest BCUT2D eigenvalue weighted by Gasteiger charge is 2.34. The van der Waals surface area contributed by atoms with Gasteiger partial charge in [0.25, 0.3) is 5.91 Å². The van der Waals surface area contributed by atoms with Gasteiger partial charge in [-0.15, -0.1) is 0 Å². The van der Waals surface area contributed by atoms with Gasteiger partial charge in [0.2, 0.25) is 0 Å². The summed E-state index contributed by atoms with van der Waals surface area (Å²) in [5.74, 6) is 0.0431. The van der Waals surface area contributed by atoms with Crippen molar-refractivity contribution in [2.24, 2.45) is 7.05 Å². The third kappa shape index (κ3) is 3.38. The first-order valence-electron chi connectivity index (χ1n) is 9.56. The van der Waals surface area contributed by atoms with Crippen molar-refractivity contribution in [1.82, 2.24) is 19.7 Å². The number of carbonyl (C=O) groups is 1. The lowest BCUT2D eigenvalue weighted by atomic mass is 10.0. The number of nitrogen functional groups attached to an aromatic ring is 1. The minimum Gasteiger partial charge on any atom is -0.397 e. The maximum Gasteiger partial charge on any atom is 0.254 e. The van der Waals surface area contributed by atoms with Crippen molar-refractivity contribution in [3.05, 3.63) is 65.1 Å². The molecule has 0 atom stereocenters. The van der Waals surface area contributed by atoms with Gasteiger partial charge in [-0.1, -0.05) is 12.1 Å². The number of anilines is 1. The lowest BCUT2D eigenvalue weighted by Crippen LogP contribution is -2.33. The fraction of sp³-hybridized carbons (Fsp3) is 0.318. The van der Waals surface area contributed by atoms with Crippen LogP contribution in [0.3, 0.4) is 0 Å². The Morgan fingerprint density at radius 3 is 2.68 bits per heavy atom. The van der Waals surface area contributed by atoms with E-state index >= 15 is 0 Å². The molecular weight excluding hydrogens is 350 g/mol. The Balaban J connectivity index is 1.65. The minimum absolute atomic E-state index is 0.0431. The topological polar surface area (TPSA) is 77.0 Å². The van der Waals surface area contributed by atoms with Gasteiger partial charge >= 0.3 is 0 Å². The van der Waals surface area contributed by atoms with Gasteiger partial charge in [0.15, 0.2) is 0 Å². The third-order valence-corrected chi connectivity index (χ3v) is 5.46. The monoisotopic (exact) mass is 375 g/mol. The molecule has 0 unspecified atom stereocenters. The van der Waals surface area contributed by atoms with Gasteiger partial charge in [-0.25, -0.2) is 0 Å². The van der Waals surface area contributed by atoms with Crippen molar-refractivity contribution in [2.75, 3.05) is 5.73 Å². The summed E-state index contributed by atoms with van der Waals surface area (Å²) in [6, 6.07) is 11.5. The molecule has 28 heavy (non-hydrogen) atoms. The van der Waals surface area contributed by atoms with Crippen molar-refractivity contribution in [3.63, 3.8) is 0 Å². The molecule has 1 saturated carbocycles. The average Bonchev–Trinajstić information content (AvgIpc) is 3.49. The molecule has 2 heterocycles. The highest BCUT2D eigenvalue weighted by Crippen LogP contribution is 2.32. The van der Waals surface area contributed by atoms with Crippen LogP contribution in [0, 0.1) is 13.8 Å². The van der Waals surface area contributed by atoms with Crippen LogP contribution in [-0.2, 0) is 13.6 Å². The van der Waals surface area contributed by atoms with Gasteiger partial charge in [-0.2, -0.15) is 5.10 Å². The molecule has 0 radical (unpaired) electrons. The summed E-state index contributed by atoms with van der Waals surface area (Å²) in [5.41, 5.74) is 12.1. The van der Waals surface area contributed by atoms with Gasteiger partial charge in [0, 0.05) is 48.2 Å². The van der Waals surface area contributed by atoms with Crippen LogP contribution in [0.2, 0.25) is 0 Å². The molecule has 1 fully saturated rings. The zero-order valence-electron chi connectivity index (χ0n) is 16.5. The molecule has 4 rings (SSSR count). The van der Waals surface area contributed by atoms with Crippen molar-refractivity contribution in [1.29, 1.82) is 0 Å². The molecule has 144 valence electrons. The molecule has 0 aliphatic heterocycles. The Morgan fingerprint density at radius 2 is 2.04 bits per heavy atom. The van der Waals surface area contributed by atoms with Crippen LogP contribution >= 0.6 is 0 Å². The van der Waals surface area contributed by atoms with Crippen molar-refractivity contribution < 1.29 is 4.79 Å². The average molecular weight is 375 g/mol. The van der Waals surface area contributed by atoms with E-state index in [0.29, 0.717) is 29.5 Å². The third-order valence-electron chi connectivity index (χ3n) is 5.46. The van der Waals surface area contributed by atoms with Gasteiger partial charge in [-0.3, -0.25) is 14.5 Å². The second-order valence-electron chi connectivity index (χ2n) is 7.46. The van der Waals surface area contributed by atoms with Crippen molar-refractivity contribution >= 4 is 11.6 Å². The van der Waals surface area contributed by atoms with E-state index in [4.69, 9.17) is 5.73 Å². The summed E-state index contributed by atoms with van der Waals surface area (Å²) in [5, 5.41) is 4.50. The Morgan fingerprint density at radius 1 is 1.25 bits per heavy atom. The van der Waals surface area contributed by atoms with E-state index in [1.165, 1.54) is 0 Å². The standard InChI is InChI=1S/C22H25N5O/c1-14-19(15(2)26(3)25-14)13-27(18-9-10-18)22(28)17-7-4-6-16(12-17)21-20(23)8-5-11-24-21/h4-8,11-12,18H,9-10,13,23H2,1-3H3. The van der Waals surface area contributed by atoms with E-state index in [9.17, 15) is 4.79 Å². The molecule has 6 nitrogen and oxygen atoms in total. The molecule has 2 aromatic heterocycles. The smallest absolute Gasteiger partial charge is 0.254 e. The highest BCUT2D eigenvalue weighted by atomic mass is 16.2. The molecule has 0 spiro atoms. The van der Waals surface area contributed by atoms with E-state index in [2.05, 4.69) is 17.0 Å². The molecule has 1 amide bonds. The Labute approximate surface area is 165 Å². The summed E-state index contributed by atoms with van der Waals surface area (Å²) in [7, 11) is 1.94. The summed E-state index contributed by atoms with van der Waals surface area (Å²) in [6.45, 7) is 4.64. The predicted molar refractivity (Wildman–Crippen MR) is 110 cm³/mol.